The van der Waals surface area contributed by atoms with Crippen molar-refractivity contribution in [3.63, 3.8) is 0 Å². The normalized spacial score (nSPS) is 10.3. The van der Waals surface area contributed by atoms with Gasteiger partial charge < -0.3 is 9.47 Å². The van der Waals surface area contributed by atoms with Gasteiger partial charge in [-0.05, 0) is 24.6 Å². The summed E-state index contributed by atoms with van der Waals surface area (Å²) in [6.07, 6.45) is 0. The molecule has 0 bridgehead atoms. The second-order valence-corrected chi connectivity index (χ2v) is 4.96. The molecule has 0 heterocycles. The molecule has 1 aromatic rings. The Morgan fingerprint density at radius 2 is 2.00 bits per heavy atom. The number of esters is 1. The van der Waals surface area contributed by atoms with E-state index < -0.39 is 0 Å². The Labute approximate surface area is 117 Å². The lowest BCUT2D eigenvalue weighted by Gasteiger charge is -2.05. The molecule has 0 aliphatic carbocycles. The molecule has 0 aromatic heterocycles. The molecule has 0 amide bonds. The molecule has 1 aromatic carbocycles. The number of thioether (sulfide) groups is 1. The molecule has 0 radical (unpaired) electrons. The van der Waals surface area contributed by atoms with Crippen LogP contribution in [0.3, 0.4) is 0 Å². The summed E-state index contributed by atoms with van der Waals surface area (Å²) in [5, 5.41) is 0.721. The van der Waals surface area contributed by atoms with Crippen molar-refractivity contribution in [1.29, 1.82) is 0 Å². The predicted molar refractivity (Wildman–Crippen MR) is 75.1 cm³/mol. The minimum atomic E-state index is -0.200. The van der Waals surface area contributed by atoms with Crippen LogP contribution in [0.5, 0.6) is 0 Å². The molecular weight excluding hydrogens is 272 g/mol. The third kappa shape index (κ3) is 6.89. The molecule has 0 atom stereocenters. The monoisotopic (exact) mass is 288 g/mol. The first kappa shape index (κ1) is 15.3. The van der Waals surface area contributed by atoms with Crippen LogP contribution in [0.25, 0.3) is 0 Å². The lowest BCUT2D eigenvalue weighted by Crippen LogP contribution is -2.12. The molecule has 3 nitrogen and oxygen atoms in total. The standard InChI is InChI=1S/C13H17ClO3S/c1-2-16-7-8-17-13(15)10-18-9-11-3-5-12(14)6-4-11/h3-6H,2,7-10H2,1H3. The van der Waals surface area contributed by atoms with E-state index in [9.17, 15) is 4.79 Å². The van der Waals surface area contributed by atoms with E-state index in [0.29, 0.717) is 25.6 Å². The SMILES string of the molecule is CCOCCOC(=O)CSCc1ccc(Cl)cc1. The van der Waals surface area contributed by atoms with Gasteiger partial charge in [-0.25, -0.2) is 0 Å². The molecular formula is C13H17ClO3S. The molecule has 1 rings (SSSR count). The van der Waals surface area contributed by atoms with Crippen molar-refractivity contribution >= 4 is 29.3 Å². The Bertz CT molecular complexity index is 354. The van der Waals surface area contributed by atoms with Crippen LogP contribution in [-0.4, -0.2) is 31.5 Å². The van der Waals surface area contributed by atoms with Gasteiger partial charge in [-0.2, -0.15) is 0 Å². The summed E-state index contributed by atoms with van der Waals surface area (Å²) in [6.45, 7) is 3.34. The number of benzene rings is 1. The van der Waals surface area contributed by atoms with Crippen LogP contribution < -0.4 is 0 Å². The van der Waals surface area contributed by atoms with Crippen LogP contribution in [-0.2, 0) is 20.0 Å². The van der Waals surface area contributed by atoms with Gasteiger partial charge in [0.15, 0.2) is 0 Å². The van der Waals surface area contributed by atoms with Crippen molar-refractivity contribution in [3.8, 4) is 0 Å². The number of ether oxygens (including phenoxy) is 2. The highest BCUT2D eigenvalue weighted by Gasteiger charge is 2.03. The maximum atomic E-state index is 11.3. The Balaban J connectivity index is 2.10. The number of carbonyl (C=O) groups is 1. The molecule has 18 heavy (non-hydrogen) atoms. The second kappa shape index (κ2) is 9.25. The number of rotatable bonds is 8. The second-order valence-electron chi connectivity index (χ2n) is 3.54. The van der Waals surface area contributed by atoms with Gasteiger partial charge in [0, 0.05) is 17.4 Å². The van der Waals surface area contributed by atoms with E-state index in [-0.39, 0.29) is 5.97 Å². The maximum absolute atomic E-state index is 11.3. The molecule has 100 valence electrons. The van der Waals surface area contributed by atoms with Gasteiger partial charge in [0.05, 0.1) is 12.4 Å². The lowest BCUT2D eigenvalue weighted by molar-refractivity contribution is -0.141. The van der Waals surface area contributed by atoms with Gasteiger partial charge in [0.1, 0.15) is 6.61 Å². The molecule has 0 aliphatic rings. The number of hydrogen-bond acceptors (Lipinski definition) is 4. The fraction of sp³-hybridized carbons (Fsp3) is 0.462. The summed E-state index contributed by atoms with van der Waals surface area (Å²) in [6, 6.07) is 7.60. The smallest absolute Gasteiger partial charge is 0.315 e. The fourth-order valence-electron chi connectivity index (χ4n) is 1.23. The molecule has 0 saturated heterocycles. The molecule has 5 heteroatoms. The highest BCUT2D eigenvalue weighted by Crippen LogP contribution is 2.15. The van der Waals surface area contributed by atoms with E-state index in [1.54, 1.807) is 0 Å². The first-order valence-electron chi connectivity index (χ1n) is 5.78. The highest BCUT2D eigenvalue weighted by molar-refractivity contribution is 7.99. The van der Waals surface area contributed by atoms with E-state index in [1.165, 1.54) is 11.8 Å². The fourth-order valence-corrected chi connectivity index (χ4v) is 2.14. The largest absolute Gasteiger partial charge is 0.463 e. The van der Waals surface area contributed by atoms with E-state index >= 15 is 0 Å². The lowest BCUT2D eigenvalue weighted by atomic mass is 10.2. The molecule has 0 spiro atoms. The molecule has 0 aliphatic heterocycles. The van der Waals surface area contributed by atoms with Gasteiger partial charge in [0.2, 0.25) is 0 Å². The average Bonchev–Trinajstić information content (AvgIpc) is 2.37. The van der Waals surface area contributed by atoms with Crippen LogP contribution in [0.15, 0.2) is 24.3 Å². The summed E-state index contributed by atoms with van der Waals surface area (Å²) >= 11 is 7.31. The Kier molecular flexibility index (Phi) is 7.89. The van der Waals surface area contributed by atoms with E-state index in [4.69, 9.17) is 21.1 Å². The quantitative estimate of drug-likeness (QED) is 0.544. The van der Waals surface area contributed by atoms with Crippen LogP contribution in [0.1, 0.15) is 12.5 Å². The number of carbonyl (C=O) groups excluding carboxylic acids is 1. The molecule has 0 N–H and O–H groups in total. The van der Waals surface area contributed by atoms with Gasteiger partial charge in [-0.15, -0.1) is 11.8 Å². The summed E-state index contributed by atoms with van der Waals surface area (Å²) < 4.78 is 10.1. The van der Waals surface area contributed by atoms with Crippen molar-refractivity contribution in [1.82, 2.24) is 0 Å². The van der Waals surface area contributed by atoms with Gasteiger partial charge in [-0.1, -0.05) is 23.7 Å². The summed E-state index contributed by atoms with van der Waals surface area (Å²) in [4.78, 5) is 11.3. The third-order valence-electron chi connectivity index (χ3n) is 2.10. The van der Waals surface area contributed by atoms with Crippen LogP contribution in [0.2, 0.25) is 5.02 Å². The molecule has 0 saturated carbocycles. The van der Waals surface area contributed by atoms with E-state index in [2.05, 4.69) is 0 Å². The van der Waals surface area contributed by atoms with Crippen LogP contribution in [0, 0.1) is 0 Å². The zero-order chi connectivity index (χ0) is 13.2. The van der Waals surface area contributed by atoms with Crippen LogP contribution in [0.4, 0.5) is 0 Å². The topological polar surface area (TPSA) is 35.5 Å². The van der Waals surface area contributed by atoms with Crippen LogP contribution >= 0.6 is 23.4 Å². The third-order valence-corrected chi connectivity index (χ3v) is 3.33. The van der Waals surface area contributed by atoms with Crippen molar-refractivity contribution < 1.29 is 14.3 Å². The van der Waals surface area contributed by atoms with E-state index in [0.717, 1.165) is 16.3 Å². The number of hydrogen-bond donors (Lipinski definition) is 0. The van der Waals surface area contributed by atoms with Crippen molar-refractivity contribution in [3.05, 3.63) is 34.9 Å². The van der Waals surface area contributed by atoms with Crippen molar-refractivity contribution in [2.24, 2.45) is 0 Å². The van der Waals surface area contributed by atoms with Gasteiger partial charge in [-0.3, -0.25) is 4.79 Å². The summed E-state index contributed by atoms with van der Waals surface area (Å²) in [5.41, 5.74) is 1.14. The maximum Gasteiger partial charge on any atom is 0.315 e. The highest BCUT2D eigenvalue weighted by atomic mass is 35.5. The Morgan fingerprint density at radius 3 is 2.67 bits per heavy atom. The first-order valence-corrected chi connectivity index (χ1v) is 7.31. The predicted octanol–water partition coefficient (Wildman–Crippen LogP) is 3.15. The first-order chi connectivity index (χ1) is 8.72. The minimum absolute atomic E-state index is 0.200. The Morgan fingerprint density at radius 1 is 1.28 bits per heavy atom. The number of halogens is 1. The van der Waals surface area contributed by atoms with Gasteiger partial charge >= 0.3 is 5.97 Å². The van der Waals surface area contributed by atoms with Gasteiger partial charge in [0.25, 0.3) is 0 Å². The zero-order valence-electron chi connectivity index (χ0n) is 10.4. The molecule has 0 unspecified atom stereocenters. The summed E-state index contributed by atoms with van der Waals surface area (Å²) in [5.74, 6) is 0.931. The summed E-state index contributed by atoms with van der Waals surface area (Å²) in [7, 11) is 0. The van der Waals surface area contributed by atoms with E-state index in [1.807, 2.05) is 31.2 Å². The minimum Gasteiger partial charge on any atom is -0.463 e. The average molecular weight is 289 g/mol. The zero-order valence-corrected chi connectivity index (χ0v) is 11.9. The Hall–Kier alpha value is -0.710. The van der Waals surface area contributed by atoms with Crippen molar-refractivity contribution in [2.45, 2.75) is 12.7 Å². The van der Waals surface area contributed by atoms with Crippen molar-refractivity contribution in [2.75, 3.05) is 25.6 Å². The molecule has 0 fully saturated rings.